The number of hydrogen-bond donors (Lipinski definition) is 1. The molecule has 0 spiro atoms. The van der Waals surface area contributed by atoms with E-state index in [1.165, 1.54) is 0 Å². The second kappa shape index (κ2) is 7.97. The topological polar surface area (TPSA) is 46.5 Å². The fraction of sp³-hybridized carbons (Fsp3) is 0.318. The predicted molar refractivity (Wildman–Crippen MR) is 115 cm³/mol. The predicted octanol–water partition coefficient (Wildman–Crippen LogP) is 4.22. The first kappa shape index (κ1) is 19.0. The first-order chi connectivity index (χ1) is 13.5. The Morgan fingerprint density at radius 2 is 2.11 bits per heavy atom. The normalized spacial score (nSPS) is 16.1. The van der Waals surface area contributed by atoms with Crippen molar-refractivity contribution in [3.8, 4) is 5.75 Å². The standard InChI is InChI=1S/C22H24BrN3O2/c1-25(2)10-11-26-14-18(16-5-3-4-6-20(16)26)22(27)24-19-9-12-28-21-8-7-15(23)13-17(19)21/h3-8,13-14,19H,9-12H2,1-2H3,(H,24,27). The van der Waals surface area contributed by atoms with Crippen LogP contribution in [-0.2, 0) is 6.54 Å². The van der Waals surface area contributed by atoms with Crippen LogP contribution in [0.1, 0.15) is 28.4 Å². The highest BCUT2D eigenvalue weighted by Crippen LogP contribution is 2.34. The van der Waals surface area contributed by atoms with Crippen LogP contribution in [0.5, 0.6) is 5.75 Å². The van der Waals surface area contributed by atoms with E-state index < -0.39 is 0 Å². The first-order valence-corrected chi connectivity index (χ1v) is 10.3. The maximum atomic E-state index is 13.2. The van der Waals surface area contributed by atoms with Crippen molar-refractivity contribution in [3.63, 3.8) is 0 Å². The third-order valence-electron chi connectivity index (χ3n) is 5.14. The second-order valence-corrected chi connectivity index (χ2v) is 8.32. The number of amides is 1. The molecule has 2 aromatic carbocycles. The Balaban J connectivity index is 1.63. The van der Waals surface area contributed by atoms with Gasteiger partial charge in [-0.2, -0.15) is 0 Å². The zero-order valence-electron chi connectivity index (χ0n) is 16.1. The fourth-order valence-electron chi connectivity index (χ4n) is 3.67. The van der Waals surface area contributed by atoms with Gasteiger partial charge >= 0.3 is 0 Å². The van der Waals surface area contributed by atoms with Crippen molar-refractivity contribution in [3.05, 3.63) is 64.3 Å². The summed E-state index contributed by atoms with van der Waals surface area (Å²) in [7, 11) is 4.11. The number of rotatable bonds is 5. The minimum Gasteiger partial charge on any atom is -0.493 e. The number of aromatic nitrogens is 1. The van der Waals surface area contributed by atoms with Gasteiger partial charge in [-0.1, -0.05) is 34.1 Å². The van der Waals surface area contributed by atoms with Gasteiger partial charge in [0.1, 0.15) is 5.75 Å². The van der Waals surface area contributed by atoms with Gasteiger partial charge in [-0.3, -0.25) is 4.79 Å². The van der Waals surface area contributed by atoms with E-state index in [1.54, 1.807) is 0 Å². The number of ether oxygens (including phenoxy) is 1. The van der Waals surface area contributed by atoms with Gasteiger partial charge in [-0.05, 0) is 38.4 Å². The van der Waals surface area contributed by atoms with E-state index in [0.29, 0.717) is 6.61 Å². The van der Waals surface area contributed by atoms with Gasteiger partial charge < -0.3 is 19.5 Å². The number of likely N-dealkylation sites (N-methyl/N-ethyl adjacent to an activating group) is 1. The number of nitrogens with one attached hydrogen (secondary N) is 1. The van der Waals surface area contributed by atoms with E-state index in [0.717, 1.165) is 51.8 Å². The Morgan fingerprint density at radius 1 is 1.29 bits per heavy atom. The zero-order valence-corrected chi connectivity index (χ0v) is 17.7. The highest BCUT2D eigenvalue weighted by atomic mass is 79.9. The molecule has 146 valence electrons. The first-order valence-electron chi connectivity index (χ1n) is 9.48. The van der Waals surface area contributed by atoms with Crippen LogP contribution in [-0.4, -0.2) is 42.6 Å². The summed E-state index contributed by atoms with van der Waals surface area (Å²) in [5.74, 6) is 0.797. The lowest BCUT2D eigenvalue weighted by molar-refractivity contribution is 0.0926. The molecular weight excluding hydrogens is 418 g/mol. The third kappa shape index (κ3) is 3.80. The highest BCUT2D eigenvalue weighted by molar-refractivity contribution is 9.10. The molecule has 0 bridgehead atoms. The van der Waals surface area contributed by atoms with Gasteiger partial charge in [0.05, 0.1) is 18.2 Å². The summed E-state index contributed by atoms with van der Waals surface area (Å²) in [5.41, 5.74) is 2.83. The van der Waals surface area contributed by atoms with Crippen LogP contribution >= 0.6 is 15.9 Å². The number of carbonyl (C=O) groups excluding carboxylic acids is 1. The third-order valence-corrected chi connectivity index (χ3v) is 5.63. The summed E-state index contributed by atoms with van der Waals surface area (Å²) < 4.78 is 8.89. The zero-order chi connectivity index (χ0) is 19.7. The molecule has 6 heteroatoms. The molecule has 1 atom stereocenters. The van der Waals surface area contributed by atoms with Crippen molar-refractivity contribution in [2.75, 3.05) is 27.2 Å². The molecule has 1 aromatic heterocycles. The lowest BCUT2D eigenvalue weighted by Gasteiger charge is -2.27. The largest absolute Gasteiger partial charge is 0.493 e. The number of hydrogen-bond acceptors (Lipinski definition) is 3. The van der Waals surface area contributed by atoms with Crippen molar-refractivity contribution in [1.82, 2.24) is 14.8 Å². The summed E-state index contributed by atoms with van der Waals surface area (Å²) in [6, 6.07) is 14.0. The number of halogens is 1. The maximum absolute atomic E-state index is 13.2. The van der Waals surface area contributed by atoms with Crippen molar-refractivity contribution in [2.24, 2.45) is 0 Å². The molecule has 3 aromatic rings. The Kier molecular flexibility index (Phi) is 5.42. The van der Waals surface area contributed by atoms with Crippen LogP contribution in [0.2, 0.25) is 0 Å². The Morgan fingerprint density at radius 3 is 2.93 bits per heavy atom. The van der Waals surface area contributed by atoms with Crippen LogP contribution in [0, 0.1) is 0 Å². The van der Waals surface area contributed by atoms with Crippen LogP contribution in [0.25, 0.3) is 10.9 Å². The fourth-order valence-corrected chi connectivity index (χ4v) is 4.05. The molecule has 0 aliphatic carbocycles. The average Bonchev–Trinajstić information content (AvgIpc) is 3.06. The molecule has 2 heterocycles. The molecule has 1 unspecified atom stereocenters. The minimum atomic E-state index is -0.0577. The maximum Gasteiger partial charge on any atom is 0.253 e. The number of para-hydroxylation sites is 1. The van der Waals surface area contributed by atoms with Crippen LogP contribution in [0.3, 0.4) is 0 Å². The van der Waals surface area contributed by atoms with E-state index in [9.17, 15) is 4.79 Å². The second-order valence-electron chi connectivity index (χ2n) is 7.40. The number of fused-ring (bicyclic) bond motifs is 2. The van der Waals surface area contributed by atoms with Crippen molar-refractivity contribution >= 4 is 32.7 Å². The van der Waals surface area contributed by atoms with Crippen molar-refractivity contribution in [1.29, 1.82) is 0 Å². The molecule has 28 heavy (non-hydrogen) atoms. The van der Waals surface area contributed by atoms with E-state index in [4.69, 9.17) is 4.74 Å². The summed E-state index contributed by atoms with van der Waals surface area (Å²) in [4.78, 5) is 15.3. The van der Waals surface area contributed by atoms with Crippen LogP contribution in [0.15, 0.2) is 53.1 Å². The Labute approximate surface area is 173 Å². The number of carbonyl (C=O) groups is 1. The van der Waals surface area contributed by atoms with E-state index in [-0.39, 0.29) is 11.9 Å². The van der Waals surface area contributed by atoms with Gasteiger partial charge in [0.2, 0.25) is 0 Å². The molecule has 1 aliphatic rings. The minimum absolute atomic E-state index is 0.0439. The lowest BCUT2D eigenvalue weighted by atomic mass is 10.00. The Hall–Kier alpha value is -2.31. The van der Waals surface area contributed by atoms with E-state index >= 15 is 0 Å². The lowest BCUT2D eigenvalue weighted by Crippen LogP contribution is -2.32. The van der Waals surface area contributed by atoms with Gasteiger partial charge in [-0.25, -0.2) is 0 Å². The van der Waals surface area contributed by atoms with Gasteiger partial charge in [0.25, 0.3) is 5.91 Å². The van der Waals surface area contributed by atoms with Gasteiger partial charge in [-0.15, -0.1) is 0 Å². The highest BCUT2D eigenvalue weighted by Gasteiger charge is 2.25. The molecule has 1 aliphatic heterocycles. The van der Waals surface area contributed by atoms with E-state index in [1.807, 2.05) is 42.6 Å². The van der Waals surface area contributed by atoms with Gasteiger partial charge in [0, 0.05) is 46.6 Å². The SMILES string of the molecule is CN(C)CCn1cc(C(=O)NC2CCOc3ccc(Br)cc32)c2ccccc21. The summed E-state index contributed by atoms with van der Waals surface area (Å²) in [6.45, 7) is 2.36. The average molecular weight is 442 g/mol. The molecular formula is C22H24BrN3O2. The quantitative estimate of drug-likeness (QED) is 0.644. The molecule has 5 nitrogen and oxygen atoms in total. The monoisotopic (exact) mass is 441 g/mol. The summed E-state index contributed by atoms with van der Waals surface area (Å²) in [5, 5.41) is 4.21. The van der Waals surface area contributed by atoms with Crippen LogP contribution < -0.4 is 10.1 Å². The van der Waals surface area contributed by atoms with Crippen molar-refractivity contribution < 1.29 is 9.53 Å². The Bertz CT molecular complexity index is 1010. The molecule has 0 fully saturated rings. The molecule has 4 rings (SSSR count). The molecule has 0 saturated heterocycles. The molecule has 0 saturated carbocycles. The molecule has 0 radical (unpaired) electrons. The van der Waals surface area contributed by atoms with E-state index in [2.05, 4.69) is 50.9 Å². The molecule has 1 amide bonds. The summed E-state index contributed by atoms with van der Waals surface area (Å²) in [6.07, 6.45) is 2.74. The van der Waals surface area contributed by atoms with Gasteiger partial charge in [0.15, 0.2) is 0 Å². The summed E-state index contributed by atoms with van der Waals surface area (Å²) >= 11 is 3.52. The number of benzene rings is 2. The molecule has 1 N–H and O–H groups in total. The van der Waals surface area contributed by atoms with Crippen LogP contribution in [0.4, 0.5) is 0 Å². The smallest absolute Gasteiger partial charge is 0.253 e. The number of nitrogens with zero attached hydrogens (tertiary/aromatic N) is 2. The van der Waals surface area contributed by atoms with Crippen molar-refractivity contribution in [2.45, 2.75) is 19.0 Å².